The first-order valence-electron chi connectivity index (χ1n) is 5.09. The number of alkyl halides is 3. The van der Waals surface area contributed by atoms with Crippen molar-refractivity contribution in [1.29, 1.82) is 0 Å². The van der Waals surface area contributed by atoms with Gasteiger partial charge in [-0.05, 0) is 11.6 Å². The van der Waals surface area contributed by atoms with Gasteiger partial charge in [0.15, 0.2) is 0 Å². The molecule has 0 amide bonds. The van der Waals surface area contributed by atoms with E-state index in [2.05, 4.69) is 4.72 Å². The summed E-state index contributed by atoms with van der Waals surface area (Å²) in [5.41, 5.74) is 4.12. The Morgan fingerprint density at radius 3 is 2.39 bits per heavy atom. The van der Waals surface area contributed by atoms with E-state index in [1.165, 1.54) is 18.2 Å². The lowest BCUT2D eigenvalue weighted by Crippen LogP contribution is -2.30. The Hall–Kier alpha value is -1.12. The first kappa shape index (κ1) is 14.9. The number of sulfonamides is 1. The zero-order valence-electron chi connectivity index (χ0n) is 9.37. The molecule has 0 aliphatic rings. The summed E-state index contributed by atoms with van der Waals surface area (Å²) in [6.45, 7) is -0.492. The van der Waals surface area contributed by atoms with Crippen LogP contribution >= 0.6 is 0 Å². The smallest absolute Gasteiger partial charge is 0.329 e. The van der Waals surface area contributed by atoms with Gasteiger partial charge < -0.3 is 5.73 Å². The lowest BCUT2D eigenvalue weighted by molar-refractivity contribution is -0.138. The normalized spacial score (nSPS) is 12.7. The molecule has 1 aromatic carbocycles. The molecule has 8 heteroatoms. The first-order valence-corrected chi connectivity index (χ1v) is 6.74. The monoisotopic (exact) mass is 282 g/mol. The van der Waals surface area contributed by atoms with Gasteiger partial charge in [-0.2, -0.15) is 13.2 Å². The molecule has 3 N–H and O–H groups in total. The van der Waals surface area contributed by atoms with Crippen molar-refractivity contribution in [3.8, 4) is 0 Å². The van der Waals surface area contributed by atoms with Crippen LogP contribution in [-0.4, -0.2) is 20.7 Å². The fourth-order valence-electron chi connectivity index (χ4n) is 1.37. The van der Waals surface area contributed by atoms with E-state index in [4.69, 9.17) is 5.73 Å². The van der Waals surface area contributed by atoms with Gasteiger partial charge in [-0.15, -0.1) is 0 Å². The number of halogens is 3. The lowest BCUT2D eigenvalue weighted by atomic mass is 10.1. The van der Waals surface area contributed by atoms with Crippen LogP contribution in [0, 0.1) is 0 Å². The molecule has 0 bridgehead atoms. The van der Waals surface area contributed by atoms with Crippen molar-refractivity contribution < 1.29 is 21.6 Å². The summed E-state index contributed by atoms with van der Waals surface area (Å²) in [5.74, 6) is -0.318. The second-order valence-electron chi connectivity index (χ2n) is 3.58. The SMILES string of the molecule is NCCS(=O)(=O)NCc1ccccc1C(F)(F)F. The third kappa shape index (κ3) is 4.28. The predicted octanol–water partition coefficient (Wildman–Crippen LogP) is 1.08. The summed E-state index contributed by atoms with van der Waals surface area (Å²) in [6, 6.07) is 4.81. The third-order valence-corrected chi connectivity index (χ3v) is 3.55. The van der Waals surface area contributed by atoms with Crippen LogP contribution in [0.3, 0.4) is 0 Å². The van der Waals surface area contributed by atoms with Gasteiger partial charge in [-0.3, -0.25) is 0 Å². The molecule has 102 valence electrons. The molecule has 1 aromatic rings. The molecular formula is C10H13F3N2O2S. The Balaban J connectivity index is 2.86. The molecule has 0 saturated heterocycles. The molecule has 0 aliphatic heterocycles. The zero-order chi connectivity index (χ0) is 13.8. The second kappa shape index (κ2) is 5.68. The first-order chi connectivity index (χ1) is 8.26. The van der Waals surface area contributed by atoms with Gasteiger partial charge in [0.05, 0.1) is 11.3 Å². The molecular weight excluding hydrogens is 269 g/mol. The van der Waals surface area contributed by atoms with E-state index in [-0.39, 0.29) is 17.9 Å². The van der Waals surface area contributed by atoms with Gasteiger partial charge in [0, 0.05) is 13.1 Å². The largest absolute Gasteiger partial charge is 0.416 e. The molecule has 0 saturated carbocycles. The molecule has 0 aliphatic carbocycles. The maximum absolute atomic E-state index is 12.6. The van der Waals surface area contributed by atoms with Gasteiger partial charge in [-0.25, -0.2) is 13.1 Å². The molecule has 0 unspecified atom stereocenters. The van der Waals surface area contributed by atoms with E-state index in [9.17, 15) is 21.6 Å². The van der Waals surface area contributed by atoms with Crippen molar-refractivity contribution in [3.63, 3.8) is 0 Å². The Kier molecular flexibility index (Phi) is 4.71. The predicted molar refractivity (Wildman–Crippen MR) is 61.1 cm³/mol. The van der Waals surface area contributed by atoms with Gasteiger partial charge >= 0.3 is 6.18 Å². The number of benzene rings is 1. The fourth-order valence-corrected chi connectivity index (χ4v) is 2.20. The van der Waals surface area contributed by atoms with Gasteiger partial charge in [0.25, 0.3) is 0 Å². The number of nitrogens with two attached hydrogens (primary N) is 1. The third-order valence-electron chi connectivity index (χ3n) is 2.19. The highest BCUT2D eigenvalue weighted by molar-refractivity contribution is 7.89. The molecule has 0 fully saturated rings. The van der Waals surface area contributed by atoms with Gasteiger partial charge in [0.1, 0.15) is 0 Å². The summed E-state index contributed by atoms with van der Waals surface area (Å²) < 4.78 is 62.5. The molecule has 0 radical (unpaired) electrons. The summed E-state index contributed by atoms with van der Waals surface area (Å²) in [5, 5.41) is 0. The minimum absolute atomic E-state index is 0.0871. The van der Waals surface area contributed by atoms with Crippen LogP contribution in [0.15, 0.2) is 24.3 Å². The van der Waals surface area contributed by atoms with Crippen LogP contribution in [0.4, 0.5) is 13.2 Å². The van der Waals surface area contributed by atoms with Gasteiger partial charge in [0.2, 0.25) is 10.0 Å². The average Bonchev–Trinajstić information content (AvgIpc) is 2.26. The molecule has 4 nitrogen and oxygen atoms in total. The van der Waals surface area contributed by atoms with Crippen molar-refractivity contribution in [3.05, 3.63) is 35.4 Å². The van der Waals surface area contributed by atoms with E-state index < -0.39 is 28.3 Å². The molecule has 18 heavy (non-hydrogen) atoms. The van der Waals surface area contributed by atoms with Crippen LogP contribution < -0.4 is 10.5 Å². The standard InChI is InChI=1S/C10H13F3N2O2S/c11-10(12,13)9-4-2-1-3-8(9)7-15-18(16,17)6-5-14/h1-4,15H,5-7,14H2. The van der Waals surface area contributed by atoms with E-state index in [0.717, 1.165) is 6.07 Å². The van der Waals surface area contributed by atoms with Gasteiger partial charge in [-0.1, -0.05) is 18.2 Å². The number of rotatable bonds is 5. The highest BCUT2D eigenvalue weighted by atomic mass is 32.2. The Labute approximate surface area is 103 Å². The summed E-state index contributed by atoms with van der Waals surface area (Å²) >= 11 is 0. The van der Waals surface area contributed by atoms with Crippen molar-refractivity contribution >= 4 is 10.0 Å². The molecule has 1 rings (SSSR count). The minimum Gasteiger partial charge on any atom is -0.329 e. The van der Waals surface area contributed by atoms with Crippen molar-refractivity contribution in [2.24, 2.45) is 5.73 Å². The van der Waals surface area contributed by atoms with Crippen LogP contribution in [-0.2, 0) is 22.7 Å². The molecule has 0 atom stereocenters. The van der Waals surface area contributed by atoms with E-state index >= 15 is 0 Å². The van der Waals surface area contributed by atoms with Crippen LogP contribution in [0.2, 0.25) is 0 Å². The van der Waals surface area contributed by atoms with Crippen molar-refractivity contribution in [1.82, 2.24) is 4.72 Å². The fraction of sp³-hybridized carbons (Fsp3) is 0.400. The van der Waals surface area contributed by atoms with Crippen molar-refractivity contribution in [2.45, 2.75) is 12.7 Å². The highest BCUT2D eigenvalue weighted by Gasteiger charge is 2.32. The number of hydrogen-bond acceptors (Lipinski definition) is 3. The average molecular weight is 282 g/mol. The Bertz CT molecular complexity index is 500. The minimum atomic E-state index is -4.50. The quantitative estimate of drug-likeness (QED) is 0.849. The summed E-state index contributed by atoms with van der Waals surface area (Å²) in [7, 11) is -3.63. The van der Waals surface area contributed by atoms with E-state index in [1.54, 1.807) is 0 Å². The van der Waals surface area contributed by atoms with E-state index in [0.29, 0.717) is 0 Å². The second-order valence-corrected chi connectivity index (χ2v) is 5.51. The zero-order valence-corrected chi connectivity index (χ0v) is 10.2. The van der Waals surface area contributed by atoms with Crippen molar-refractivity contribution in [2.75, 3.05) is 12.3 Å². The van der Waals surface area contributed by atoms with Crippen LogP contribution in [0.25, 0.3) is 0 Å². The van der Waals surface area contributed by atoms with E-state index in [1.807, 2.05) is 0 Å². The summed E-state index contributed by atoms with van der Waals surface area (Å²) in [6.07, 6.45) is -4.50. The Morgan fingerprint density at radius 1 is 1.22 bits per heavy atom. The topological polar surface area (TPSA) is 72.2 Å². The Morgan fingerprint density at radius 2 is 1.83 bits per heavy atom. The lowest BCUT2D eigenvalue weighted by Gasteiger charge is -2.13. The number of nitrogens with one attached hydrogen (secondary N) is 1. The maximum Gasteiger partial charge on any atom is 0.416 e. The molecule has 0 heterocycles. The highest BCUT2D eigenvalue weighted by Crippen LogP contribution is 2.31. The number of hydrogen-bond donors (Lipinski definition) is 2. The van der Waals surface area contributed by atoms with Crippen LogP contribution in [0.1, 0.15) is 11.1 Å². The van der Waals surface area contributed by atoms with Crippen LogP contribution in [0.5, 0.6) is 0 Å². The molecule has 0 spiro atoms. The maximum atomic E-state index is 12.6. The summed E-state index contributed by atoms with van der Waals surface area (Å²) in [4.78, 5) is 0. The molecule has 0 aromatic heterocycles.